The summed E-state index contributed by atoms with van der Waals surface area (Å²) in [6.45, 7) is 4.67. The molecule has 22 heavy (non-hydrogen) atoms. The largest absolute Gasteiger partial charge is 0.347 e. The lowest BCUT2D eigenvalue weighted by Gasteiger charge is -2.39. The van der Waals surface area contributed by atoms with Crippen LogP contribution >= 0.6 is 23.1 Å². The van der Waals surface area contributed by atoms with Crippen LogP contribution in [0.2, 0.25) is 0 Å². The van der Waals surface area contributed by atoms with E-state index in [1.807, 2.05) is 18.7 Å². The lowest BCUT2D eigenvalue weighted by atomic mass is 10.0. The summed E-state index contributed by atoms with van der Waals surface area (Å²) in [6.07, 6.45) is 0.982. The van der Waals surface area contributed by atoms with Crippen molar-refractivity contribution in [1.82, 2.24) is 14.8 Å². The number of aryl methyl sites for hydroxylation is 2. The average molecular weight is 334 g/mol. The lowest BCUT2D eigenvalue weighted by Crippen LogP contribution is -2.49. The first-order chi connectivity index (χ1) is 10.7. The summed E-state index contributed by atoms with van der Waals surface area (Å²) < 4.78 is 1.67. The summed E-state index contributed by atoms with van der Waals surface area (Å²) in [4.78, 5) is 19.0. The summed E-state index contributed by atoms with van der Waals surface area (Å²) in [5.74, 6) is 2.53. The van der Waals surface area contributed by atoms with E-state index in [-0.39, 0.29) is 5.56 Å². The van der Waals surface area contributed by atoms with Gasteiger partial charge in [-0.1, -0.05) is 0 Å². The molecule has 116 valence electrons. The number of aromatic nitrogens is 3. The van der Waals surface area contributed by atoms with Gasteiger partial charge in [-0.05, 0) is 18.2 Å². The van der Waals surface area contributed by atoms with Crippen LogP contribution < -0.4 is 10.5 Å². The molecule has 0 amide bonds. The minimum absolute atomic E-state index is 0.0461. The smallest absolute Gasteiger partial charge is 0.267 e. The Bertz CT molecular complexity index is 748. The first kappa shape index (κ1) is 14.3. The maximum Gasteiger partial charge on any atom is 0.267 e. The molecule has 0 aliphatic carbocycles. The van der Waals surface area contributed by atoms with E-state index in [1.54, 1.807) is 22.1 Å². The molecule has 0 bridgehead atoms. The summed E-state index contributed by atoms with van der Waals surface area (Å²) in [5, 5.41) is 7.77. The highest BCUT2D eigenvalue weighted by molar-refractivity contribution is 7.98. The summed E-state index contributed by atoms with van der Waals surface area (Å²) >= 11 is 3.57. The minimum atomic E-state index is 0.0461. The fourth-order valence-corrected chi connectivity index (χ4v) is 4.73. The number of rotatable bonds is 3. The quantitative estimate of drug-likeness (QED) is 0.858. The van der Waals surface area contributed by atoms with Gasteiger partial charge in [0.1, 0.15) is 0 Å². The topological polar surface area (TPSA) is 51.0 Å². The second-order valence-corrected chi connectivity index (χ2v) is 7.92. The van der Waals surface area contributed by atoms with Crippen LogP contribution in [-0.2, 0) is 18.7 Å². The van der Waals surface area contributed by atoms with E-state index in [0.29, 0.717) is 5.92 Å². The van der Waals surface area contributed by atoms with Crippen LogP contribution in [0.3, 0.4) is 0 Å². The Balaban J connectivity index is 1.43. The molecular weight excluding hydrogens is 316 g/mol. The molecule has 0 atom stereocenters. The van der Waals surface area contributed by atoms with E-state index in [4.69, 9.17) is 0 Å². The van der Waals surface area contributed by atoms with Crippen molar-refractivity contribution in [2.24, 2.45) is 5.92 Å². The van der Waals surface area contributed by atoms with Crippen molar-refractivity contribution in [3.63, 3.8) is 0 Å². The molecule has 2 aliphatic heterocycles. The average Bonchev–Trinajstić information content (AvgIpc) is 2.88. The third-order valence-electron chi connectivity index (χ3n) is 4.17. The number of thiazole rings is 1. The molecule has 4 rings (SSSR count). The zero-order chi connectivity index (χ0) is 15.1. The lowest BCUT2D eigenvalue weighted by molar-refractivity contribution is 0.332. The second kappa shape index (κ2) is 5.70. The van der Waals surface area contributed by atoms with Crippen molar-refractivity contribution >= 4 is 28.2 Å². The maximum atomic E-state index is 12.2. The van der Waals surface area contributed by atoms with Crippen LogP contribution in [0, 0.1) is 12.8 Å². The maximum absolute atomic E-state index is 12.2. The molecule has 4 heterocycles. The Morgan fingerprint density at radius 1 is 1.41 bits per heavy atom. The normalized spacial score (nSPS) is 18.1. The van der Waals surface area contributed by atoms with Gasteiger partial charge in [0.2, 0.25) is 0 Å². The Morgan fingerprint density at radius 3 is 3.05 bits per heavy atom. The van der Waals surface area contributed by atoms with E-state index in [9.17, 15) is 4.79 Å². The number of fused-ring (bicyclic) bond motifs is 1. The number of anilines is 1. The molecular formula is C15H18N4OS2. The van der Waals surface area contributed by atoms with Gasteiger partial charge in [0.25, 0.3) is 5.56 Å². The van der Waals surface area contributed by atoms with Crippen LogP contribution in [0.15, 0.2) is 16.2 Å². The minimum Gasteiger partial charge on any atom is -0.347 e. The fraction of sp³-hybridized carbons (Fsp3) is 0.533. The van der Waals surface area contributed by atoms with Gasteiger partial charge < -0.3 is 4.90 Å². The van der Waals surface area contributed by atoms with E-state index >= 15 is 0 Å². The molecule has 0 unspecified atom stereocenters. The van der Waals surface area contributed by atoms with E-state index in [1.165, 1.54) is 0 Å². The van der Waals surface area contributed by atoms with Gasteiger partial charge in [0.05, 0.1) is 17.9 Å². The van der Waals surface area contributed by atoms with Gasteiger partial charge in [-0.3, -0.25) is 4.79 Å². The number of hydrogen-bond donors (Lipinski definition) is 0. The monoisotopic (exact) mass is 334 g/mol. The fourth-order valence-electron chi connectivity index (χ4n) is 2.96. The molecule has 1 fully saturated rings. The summed E-state index contributed by atoms with van der Waals surface area (Å²) in [7, 11) is 0. The van der Waals surface area contributed by atoms with Crippen molar-refractivity contribution in [2.45, 2.75) is 25.6 Å². The highest BCUT2D eigenvalue weighted by Gasteiger charge is 2.29. The number of hydrogen-bond acceptors (Lipinski definition) is 6. The highest BCUT2D eigenvalue weighted by Crippen LogP contribution is 2.28. The molecule has 0 saturated carbocycles. The van der Waals surface area contributed by atoms with Gasteiger partial charge in [-0.2, -0.15) is 16.9 Å². The van der Waals surface area contributed by atoms with Gasteiger partial charge >= 0.3 is 0 Å². The molecule has 2 aliphatic rings. The molecule has 2 aromatic heterocycles. The van der Waals surface area contributed by atoms with Crippen LogP contribution in [0.4, 0.5) is 5.13 Å². The molecule has 0 aromatic carbocycles. The Kier molecular flexibility index (Phi) is 3.69. The molecule has 0 N–H and O–H groups in total. The third-order valence-corrected chi connectivity index (χ3v) is 6.20. The predicted molar refractivity (Wildman–Crippen MR) is 90.9 cm³/mol. The standard InChI is InChI=1S/C15H18N4OS2/c1-10-8-22-15(16-10)18-5-11(6-18)7-19-14(20)4-12-9-21-3-2-13(12)17-19/h4,8,11H,2-3,5-7,9H2,1H3. The highest BCUT2D eigenvalue weighted by atomic mass is 32.2. The molecule has 0 radical (unpaired) electrons. The molecule has 0 spiro atoms. The van der Waals surface area contributed by atoms with Crippen molar-refractivity contribution in [2.75, 3.05) is 23.7 Å². The first-order valence-electron chi connectivity index (χ1n) is 7.54. The molecule has 7 heteroatoms. The van der Waals surface area contributed by atoms with Crippen molar-refractivity contribution < 1.29 is 0 Å². The van der Waals surface area contributed by atoms with E-state index < -0.39 is 0 Å². The van der Waals surface area contributed by atoms with Crippen LogP contribution in [0.5, 0.6) is 0 Å². The zero-order valence-electron chi connectivity index (χ0n) is 12.5. The summed E-state index contributed by atoms with van der Waals surface area (Å²) in [6, 6.07) is 1.79. The molecule has 1 saturated heterocycles. The van der Waals surface area contributed by atoms with Gasteiger partial charge in [0.15, 0.2) is 5.13 Å². The Morgan fingerprint density at radius 2 is 2.27 bits per heavy atom. The van der Waals surface area contributed by atoms with Crippen molar-refractivity contribution in [3.05, 3.63) is 38.8 Å². The van der Waals surface area contributed by atoms with Crippen molar-refractivity contribution in [3.8, 4) is 0 Å². The van der Waals surface area contributed by atoms with Gasteiger partial charge in [-0.25, -0.2) is 9.67 Å². The number of nitrogens with zero attached hydrogens (tertiary/aromatic N) is 4. The second-order valence-electron chi connectivity index (χ2n) is 5.98. The third kappa shape index (κ3) is 2.67. The molecule has 2 aromatic rings. The van der Waals surface area contributed by atoms with Crippen LogP contribution in [-0.4, -0.2) is 33.6 Å². The van der Waals surface area contributed by atoms with Gasteiger partial charge in [-0.15, -0.1) is 11.3 Å². The Labute approximate surface area is 137 Å². The van der Waals surface area contributed by atoms with E-state index in [2.05, 4.69) is 20.4 Å². The zero-order valence-corrected chi connectivity index (χ0v) is 14.1. The SMILES string of the molecule is Cc1csc(N2CC(Cn3nc4c(cc3=O)CSCC4)C2)n1. The van der Waals surface area contributed by atoms with E-state index in [0.717, 1.165) is 59.6 Å². The predicted octanol–water partition coefficient (Wildman–Crippen LogP) is 1.93. The van der Waals surface area contributed by atoms with Gasteiger partial charge in [0, 0.05) is 42.6 Å². The number of thioether (sulfide) groups is 1. The molecule has 5 nitrogen and oxygen atoms in total. The van der Waals surface area contributed by atoms with Crippen LogP contribution in [0.25, 0.3) is 0 Å². The van der Waals surface area contributed by atoms with Crippen LogP contribution in [0.1, 0.15) is 17.0 Å². The Hall–Kier alpha value is -1.34. The summed E-state index contributed by atoms with van der Waals surface area (Å²) in [5.41, 5.74) is 3.37. The first-order valence-corrected chi connectivity index (χ1v) is 9.57. The van der Waals surface area contributed by atoms with Crippen molar-refractivity contribution in [1.29, 1.82) is 0 Å².